The number of methoxy groups -OCH3 is 1. The Balaban J connectivity index is 2.28. The highest BCUT2D eigenvalue weighted by Gasteiger charge is 2.19. The molecule has 16 heavy (non-hydrogen) atoms. The van der Waals surface area contributed by atoms with Gasteiger partial charge in [0.15, 0.2) is 0 Å². The Hall–Kier alpha value is -1.55. The molecular weight excluding hydrogens is 204 g/mol. The number of nitrogens with zero attached hydrogens (tertiary/aromatic N) is 1. The van der Waals surface area contributed by atoms with E-state index in [1.807, 2.05) is 24.3 Å². The van der Waals surface area contributed by atoms with Crippen molar-refractivity contribution < 1.29 is 14.8 Å². The summed E-state index contributed by atoms with van der Waals surface area (Å²) < 4.78 is 4.79. The lowest BCUT2D eigenvalue weighted by Crippen LogP contribution is -2.89. The molecule has 1 aliphatic rings. The van der Waals surface area contributed by atoms with E-state index in [4.69, 9.17) is 4.74 Å². The molecule has 0 bridgehead atoms. The van der Waals surface area contributed by atoms with E-state index in [-0.39, 0.29) is 5.97 Å². The number of carbonyl (C=O) groups excluding carboxylic acids is 1. The van der Waals surface area contributed by atoms with Gasteiger partial charge in [-0.15, -0.1) is 0 Å². The standard InChI is InChI=1S/C12H16N2O2/c1-16-12(15)10-4-2-3-5-11(10)14-8-6-13-7-9-14/h2-5,13H,6-9H2,1H3/p+1. The molecule has 1 heterocycles. The van der Waals surface area contributed by atoms with Crippen molar-refractivity contribution in [3.05, 3.63) is 29.8 Å². The van der Waals surface area contributed by atoms with Crippen LogP contribution in [-0.4, -0.2) is 39.3 Å². The Morgan fingerprint density at radius 2 is 2.00 bits per heavy atom. The average molecular weight is 221 g/mol. The average Bonchev–Trinajstić information content (AvgIpc) is 2.39. The monoisotopic (exact) mass is 221 g/mol. The van der Waals surface area contributed by atoms with Crippen molar-refractivity contribution in [3.63, 3.8) is 0 Å². The molecule has 86 valence electrons. The fourth-order valence-corrected chi connectivity index (χ4v) is 2.02. The maximum Gasteiger partial charge on any atom is 0.339 e. The van der Waals surface area contributed by atoms with Crippen LogP contribution in [0, 0.1) is 0 Å². The molecule has 0 amide bonds. The third kappa shape index (κ3) is 2.17. The zero-order valence-electron chi connectivity index (χ0n) is 9.48. The summed E-state index contributed by atoms with van der Waals surface area (Å²) in [5.41, 5.74) is 1.65. The lowest BCUT2D eigenvalue weighted by Gasteiger charge is -2.28. The topological polar surface area (TPSA) is 46.1 Å². The quantitative estimate of drug-likeness (QED) is 0.707. The fourth-order valence-electron chi connectivity index (χ4n) is 2.02. The highest BCUT2D eigenvalue weighted by molar-refractivity contribution is 5.95. The molecule has 2 N–H and O–H groups in total. The number of anilines is 1. The van der Waals surface area contributed by atoms with Crippen LogP contribution in [0.2, 0.25) is 0 Å². The van der Waals surface area contributed by atoms with E-state index >= 15 is 0 Å². The number of ether oxygens (including phenoxy) is 1. The molecule has 1 saturated heterocycles. The van der Waals surface area contributed by atoms with Gasteiger partial charge in [0.2, 0.25) is 0 Å². The maximum absolute atomic E-state index is 11.6. The van der Waals surface area contributed by atoms with Crippen molar-refractivity contribution in [1.29, 1.82) is 0 Å². The van der Waals surface area contributed by atoms with Gasteiger partial charge < -0.3 is 15.0 Å². The van der Waals surface area contributed by atoms with E-state index in [1.54, 1.807) is 0 Å². The molecule has 1 aliphatic heterocycles. The van der Waals surface area contributed by atoms with Gasteiger partial charge in [0, 0.05) is 0 Å². The molecule has 0 radical (unpaired) electrons. The third-order valence-corrected chi connectivity index (χ3v) is 2.86. The minimum Gasteiger partial charge on any atom is -0.465 e. The molecule has 2 rings (SSSR count). The van der Waals surface area contributed by atoms with Gasteiger partial charge >= 0.3 is 5.97 Å². The van der Waals surface area contributed by atoms with Crippen LogP contribution in [0.25, 0.3) is 0 Å². The lowest BCUT2D eigenvalue weighted by atomic mass is 10.1. The summed E-state index contributed by atoms with van der Waals surface area (Å²) in [4.78, 5) is 13.9. The minimum absolute atomic E-state index is 0.259. The second-order valence-corrected chi connectivity index (χ2v) is 3.86. The largest absolute Gasteiger partial charge is 0.465 e. The summed E-state index contributed by atoms with van der Waals surface area (Å²) in [6.45, 7) is 4.12. The van der Waals surface area contributed by atoms with E-state index in [0.29, 0.717) is 5.56 Å². The second kappa shape index (κ2) is 4.99. The summed E-state index contributed by atoms with van der Waals surface area (Å²) in [6, 6.07) is 7.63. The highest BCUT2D eigenvalue weighted by atomic mass is 16.5. The van der Waals surface area contributed by atoms with Crippen molar-refractivity contribution in [2.24, 2.45) is 0 Å². The summed E-state index contributed by atoms with van der Waals surface area (Å²) >= 11 is 0. The molecule has 0 aliphatic carbocycles. The normalized spacial score (nSPS) is 15.9. The fraction of sp³-hybridized carbons (Fsp3) is 0.417. The highest BCUT2D eigenvalue weighted by Crippen LogP contribution is 2.20. The van der Waals surface area contributed by atoms with Crippen molar-refractivity contribution in [2.45, 2.75) is 0 Å². The molecule has 1 aromatic carbocycles. The Morgan fingerprint density at radius 1 is 1.31 bits per heavy atom. The van der Waals surface area contributed by atoms with Gasteiger partial charge in [-0.1, -0.05) is 12.1 Å². The Labute approximate surface area is 95.2 Å². The first-order chi connectivity index (χ1) is 7.83. The molecule has 1 fully saturated rings. The van der Waals surface area contributed by atoms with Crippen molar-refractivity contribution >= 4 is 11.7 Å². The zero-order valence-corrected chi connectivity index (χ0v) is 9.48. The first-order valence-corrected chi connectivity index (χ1v) is 5.57. The first kappa shape index (κ1) is 11.0. The number of rotatable bonds is 2. The van der Waals surface area contributed by atoms with Crippen molar-refractivity contribution in [2.75, 3.05) is 38.2 Å². The predicted octanol–water partition coefficient (Wildman–Crippen LogP) is -0.143. The van der Waals surface area contributed by atoms with E-state index in [2.05, 4.69) is 10.2 Å². The first-order valence-electron chi connectivity index (χ1n) is 5.57. The van der Waals surface area contributed by atoms with Crippen LogP contribution in [0.3, 0.4) is 0 Å². The van der Waals surface area contributed by atoms with Gasteiger partial charge in [-0.3, -0.25) is 0 Å². The van der Waals surface area contributed by atoms with Crippen LogP contribution in [0.15, 0.2) is 24.3 Å². The van der Waals surface area contributed by atoms with Crippen LogP contribution in [-0.2, 0) is 4.74 Å². The van der Waals surface area contributed by atoms with E-state index in [9.17, 15) is 4.79 Å². The summed E-state index contributed by atoms with van der Waals surface area (Å²) in [5, 5.41) is 2.29. The Morgan fingerprint density at radius 3 is 2.69 bits per heavy atom. The minimum atomic E-state index is -0.259. The van der Waals surface area contributed by atoms with Crippen LogP contribution >= 0.6 is 0 Å². The summed E-state index contributed by atoms with van der Waals surface area (Å²) in [5.74, 6) is -0.259. The number of nitrogens with two attached hydrogens (primary N) is 1. The van der Waals surface area contributed by atoms with Crippen molar-refractivity contribution in [3.8, 4) is 0 Å². The van der Waals surface area contributed by atoms with Crippen molar-refractivity contribution in [1.82, 2.24) is 0 Å². The number of hydrogen-bond donors (Lipinski definition) is 1. The number of quaternary nitrogens is 1. The van der Waals surface area contributed by atoms with Crippen LogP contribution in [0.5, 0.6) is 0 Å². The molecule has 4 heteroatoms. The van der Waals surface area contributed by atoms with E-state index in [0.717, 1.165) is 31.9 Å². The molecular formula is C12H17N2O2+. The van der Waals surface area contributed by atoms with Gasteiger partial charge in [0.1, 0.15) is 0 Å². The second-order valence-electron chi connectivity index (χ2n) is 3.86. The zero-order chi connectivity index (χ0) is 11.4. The number of para-hydroxylation sites is 1. The number of esters is 1. The third-order valence-electron chi connectivity index (χ3n) is 2.86. The lowest BCUT2D eigenvalue weighted by molar-refractivity contribution is -0.655. The van der Waals surface area contributed by atoms with Gasteiger partial charge in [-0.2, -0.15) is 0 Å². The SMILES string of the molecule is COC(=O)c1ccccc1N1CC[NH2+]CC1. The molecule has 0 unspecified atom stereocenters. The molecule has 0 atom stereocenters. The summed E-state index contributed by atoms with van der Waals surface area (Å²) in [7, 11) is 1.42. The van der Waals surface area contributed by atoms with E-state index < -0.39 is 0 Å². The van der Waals surface area contributed by atoms with Crippen LogP contribution in [0.1, 0.15) is 10.4 Å². The van der Waals surface area contributed by atoms with E-state index in [1.165, 1.54) is 7.11 Å². The van der Waals surface area contributed by atoms with Crippen LogP contribution in [0.4, 0.5) is 5.69 Å². The molecule has 1 aromatic rings. The molecule has 0 spiro atoms. The molecule has 0 saturated carbocycles. The van der Waals surface area contributed by atoms with Gasteiger partial charge in [-0.05, 0) is 12.1 Å². The summed E-state index contributed by atoms with van der Waals surface area (Å²) in [6.07, 6.45) is 0. The van der Waals surface area contributed by atoms with Crippen LogP contribution < -0.4 is 10.2 Å². The molecule has 4 nitrogen and oxygen atoms in total. The number of piperazine rings is 1. The van der Waals surface area contributed by atoms with Gasteiger partial charge in [-0.25, -0.2) is 4.79 Å². The Bertz CT molecular complexity index is 373. The number of carbonyl (C=O) groups is 1. The van der Waals surface area contributed by atoms with Gasteiger partial charge in [0.05, 0.1) is 44.5 Å². The maximum atomic E-state index is 11.6. The number of benzene rings is 1. The van der Waals surface area contributed by atoms with Gasteiger partial charge in [0.25, 0.3) is 0 Å². The smallest absolute Gasteiger partial charge is 0.339 e. The predicted molar refractivity (Wildman–Crippen MR) is 61.7 cm³/mol. The molecule has 0 aromatic heterocycles. The Kier molecular flexibility index (Phi) is 3.41. The number of hydrogen-bond acceptors (Lipinski definition) is 3.